The number of carbonyl (C=O) groups excluding carboxylic acids is 2. The average molecular weight is 303 g/mol. The van der Waals surface area contributed by atoms with E-state index in [0.29, 0.717) is 32.4 Å². The summed E-state index contributed by atoms with van der Waals surface area (Å²) in [5.74, 6) is 0.560. The molecule has 2 aliphatic rings. The van der Waals surface area contributed by atoms with E-state index in [0.717, 1.165) is 11.3 Å². The lowest BCUT2D eigenvalue weighted by Gasteiger charge is -2.18. The van der Waals surface area contributed by atoms with Crippen LogP contribution in [0.1, 0.15) is 24.8 Å². The van der Waals surface area contributed by atoms with Crippen molar-refractivity contribution in [2.24, 2.45) is 5.73 Å². The Balaban J connectivity index is 1.57. The van der Waals surface area contributed by atoms with Crippen LogP contribution >= 0.6 is 0 Å². The number of nitrogens with zero attached hydrogens (tertiary/aromatic N) is 1. The van der Waals surface area contributed by atoms with E-state index in [2.05, 4.69) is 5.32 Å². The van der Waals surface area contributed by atoms with Crippen molar-refractivity contribution in [3.05, 3.63) is 29.8 Å². The number of carbonyl (C=O) groups is 2. The number of hydrogen-bond acceptors (Lipinski definition) is 4. The molecule has 1 aromatic rings. The second kappa shape index (κ2) is 5.61. The van der Waals surface area contributed by atoms with Crippen LogP contribution in [0.15, 0.2) is 24.3 Å². The highest BCUT2D eigenvalue weighted by Crippen LogP contribution is 2.32. The van der Waals surface area contributed by atoms with Crippen LogP contribution in [0.4, 0.5) is 0 Å². The van der Waals surface area contributed by atoms with Crippen molar-refractivity contribution in [1.82, 2.24) is 10.2 Å². The topological polar surface area (TPSA) is 84.7 Å². The van der Waals surface area contributed by atoms with Crippen LogP contribution < -0.4 is 15.8 Å². The van der Waals surface area contributed by atoms with Gasteiger partial charge in [-0.05, 0) is 37.0 Å². The molecule has 0 radical (unpaired) electrons. The van der Waals surface area contributed by atoms with Gasteiger partial charge in [0, 0.05) is 13.1 Å². The number of benzene rings is 1. The zero-order valence-corrected chi connectivity index (χ0v) is 12.7. The van der Waals surface area contributed by atoms with Gasteiger partial charge in [-0.15, -0.1) is 0 Å². The van der Waals surface area contributed by atoms with E-state index in [9.17, 15) is 9.59 Å². The van der Waals surface area contributed by atoms with Crippen LogP contribution in [0.25, 0.3) is 0 Å². The number of likely N-dealkylation sites (tertiary alicyclic amines) is 1. The molecule has 2 amide bonds. The molecule has 1 unspecified atom stereocenters. The third-order valence-corrected chi connectivity index (χ3v) is 4.38. The van der Waals surface area contributed by atoms with Gasteiger partial charge >= 0.3 is 0 Å². The summed E-state index contributed by atoms with van der Waals surface area (Å²) >= 11 is 0. The summed E-state index contributed by atoms with van der Waals surface area (Å²) in [5.41, 5.74) is 6.16. The van der Waals surface area contributed by atoms with Crippen LogP contribution in [0.5, 0.6) is 5.75 Å². The normalized spacial score (nSPS) is 22.5. The van der Waals surface area contributed by atoms with Crippen molar-refractivity contribution in [3.8, 4) is 5.75 Å². The van der Waals surface area contributed by atoms with Crippen molar-refractivity contribution in [3.63, 3.8) is 0 Å². The molecular weight excluding hydrogens is 282 g/mol. The summed E-state index contributed by atoms with van der Waals surface area (Å²) in [5, 5.41) is 2.79. The van der Waals surface area contributed by atoms with Gasteiger partial charge in [0.15, 0.2) is 0 Å². The van der Waals surface area contributed by atoms with Crippen molar-refractivity contribution in [2.45, 2.75) is 37.4 Å². The Labute approximate surface area is 129 Å². The lowest BCUT2D eigenvalue weighted by molar-refractivity contribution is -0.133. The second-order valence-electron chi connectivity index (χ2n) is 6.08. The zero-order chi connectivity index (χ0) is 15.7. The molecule has 1 saturated carbocycles. The first-order valence-corrected chi connectivity index (χ1v) is 7.53. The van der Waals surface area contributed by atoms with Crippen molar-refractivity contribution in [1.29, 1.82) is 0 Å². The van der Waals surface area contributed by atoms with Gasteiger partial charge < -0.3 is 20.7 Å². The molecule has 0 aromatic heterocycles. The molecule has 6 nitrogen and oxygen atoms in total. The minimum absolute atomic E-state index is 0.0339. The van der Waals surface area contributed by atoms with Crippen LogP contribution in [0.3, 0.4) is 0 Å². The monoisotopic (exact) mass is 303 g/mol. The maximum atomic E-state index is 12.4. The van der Waals surface area contributed by atoms with Crippen molar-refractivity contribution >= 4 is 11.8 Å². The quantitative estimate of drug-likeness (QED) is 0.825. The van der Waals surface area contributed by atoms with Gasteiger partial charge in [0.25, 0.3) is 0 Å². The van der Waals surface area contributed by atoms with E-state index in [1.807, 2.05) is 24.3 Å². The van der Waals surface area contributed by atoms with Crippen molar-refractivity contribution < 1.29 is 14.3 Å². The summed E-state index contributed by atoms with van der Waals surface area (Å²) in [4.78, 5) is 26.1. The smallest absolute Gasteiger partial charge is 0.245 e. The minimum atomic E-state index is -0.732. The summed E-state index contributed by atoms with van der Waals surface area (Å²) < 4.78 is 5.12. The van der Waals surface area contributed by atoms with E-state index in [1.165, 1.54) is 0 Å². The molecule has 6 heteroatoms. The molecule has 1 saturated heterocycles. The number of methoxy groups -OCH3 is 1. The fraction of sp³-hybridized carbons (Fsp3) is 0.500. The molecule has 1 aliphatic heterocycles. The van der Waals surface area contributed by atoms with Crippen LogP contribution in [0, 0.1) is 0 Å². The van der Waals surface area contributed by atoms with Gasteiger partial charge in [-0.25, -0.2) is 0 Å². The summed E-state index contributed by atoms with van der Waals surface area (Å²) in [6.45, 7) is 1.19. The molecule has 1 aliphatic carbocycles. The number of amides is 2. The molecule has 1 aromatic carbocycles. The molecule has 0 spiro atoms. The number of rotatable bonds is 5. The van der Waals surface area contributed by atoms with Crippen LogP contribution in [-0.2, 0) is 16.1 Å². The van der Waals surface area contributed by atoms with Gasteiger partial charge in [0.05, 0.1) is 12.6 Å². The molecule has 1 atom stereocenters. The van der Waals surface area contributed by atoms with E-state index in [-0.39, 0.29) is 11.8 Å². The van der Waals surface area contributed by atoms with Crippen molar-refractivity contribution in [2.75, 3.05) is 13.7 Å². The molecule has 3 rings (SSSR count). The second-order valence-corrected chi connectivity index (χ2v) is 6.08. The predicted molar refractivity (Wildman–Crippen MR) is 81.1 cm³/mol. The zero-order valence-electron chi connectivity index (χ0n) is 12.7. The largest absolute Gasteiger partial charge is 0.497 e. The highest BCUT2D eigenvalue weighted by atomic mass is 16.5. The minimum Gasteiger partial charge on any atom is -0.497 e. The van der Waals surface area contributed by atoms with Crippen LogP contribution in [-0.4, -0.2) is 41.9 Å². The molecule has 0 bridgehead atoms. The first-order chi connectivity index (χ1) is 10.5. The van der Waals surface area contributed by atoms with Gasteiger partial charge in [0.2, 0.25) is 11.8 Å². The highest BCUT2D eigenvalue weighted by molar-refractivity contribution is 5.94. The number of nitrogens with one attached hydrogen (secondary N) is 1. The SMILES string of the molecule is COc1ccc(CN2CCC(NC(=O)C3(N)CC3)C2=O)cc1. The number of nitrogens with two attached hydrogens (primary N) is 1. The molecular formula is C16H21N3O3. The molecule has 1 heterocycles. The third-order valence-electron chi connectivity index (χ3n) is 4.38. The fourth-order valence-electron chi connectivity index (χ4n) is 2.64. The van der Waals surface area contributed by atoms with E-state index >= 15 is 0 Å². The van der Waals surface area contributed by atoms with E-state index in [1.54, 1.807) is 12.0 Å². The molecule has 118 valence electrons. The number of ether oxygens (including phenoxy) is 1. The molecule has 2 fully saturated rings. The Bertz CT molecular complexity index is 581. The van der Waals surface area contributed by atoms with Gasteiger partial charge in [-0.2, -0.15) is 0 Å². The van der Waals surface area contributed by atoms with E-state index < -0.39 is 11.6 Å². The molecule has 22 heavy (non-hydrogen) atoms. The third kappa shape index (κ3) is 2.92. The lowest BCUT2D eigenvalue weighted by atomic mass is 10.2. The fourth-order valence-corrected chi connectivity index (χ4v) is 2.64. The van der Waals surface area contributed by atoms with Gasteiger partial charge in [-0.3, -0.25) is 9.59 Å². The van der Waals surface area contributed by atoms with Gasteiger partial charge in [0.1, 0.15) is 11.8 Å². The summed E-state index contributed by atoms with van der Waals surface area (Å²) in [7, 11) is 1.62. The number of hydrogen-bond donors (Lipinski definition) is 2. The maximum Gasteiger partial charge on any atom is 0.245 e. The lowest BCUT2D eigenvalue weighted by Crippen LogP contribution is -2.49. The van der Waals surface area contributed by atoms with Gasteiger partial charge in [-0.1, -0.05) is 12.1 Å². The Morgan fingerprint density at radius 3 is 2.68 bits per heavy atom. The Morgan fingerprint density at radius 2 is 2.09 bits per heavy atom. The average Bonchev–Trinajstić information content (AvgIpc) is 3.20. The first-order valence-electron chi connectivity index (χ1n) is 7.53. The van der Waals surface area contributed by atoms with E-state index in [4.69, 9.17) is 10.5 Å². The Kier molecular flexibility index (Phi) is 3.78. The standard InChI is InChI=1S/C16H21N3O3/c1-22-12-4-2-11(3-5-12)10-19-9-6-13(14(19)20)18-15(21)16(17)7-8-16/h2-5,13H,6-10,17H2,1H3,(H,18,21). The Morgan fingerprint density at radius 1 is 1.41 bits per heavy atom. The first kappa shape index (κ1) is 14.8. The Hall–Kier alpha value is -2.08. The van der Waals surface area contributed by atoms with Crippen LogP contribution in [0.2, 0.25) is 0 Å². The maximum absolute atomic E-state index is 12.4. The predicted octanol–water partition coefficient (Wildman–Crippen LogP) is 0.404. The highest BCUT2D eigenvalue weighted by Gasteiger charge is 2.47. The summed E-state index contributed by atoms with van der Waals surface area (Å²) in [6.07, 6.45) is 2.04. The summed E-state index contributed by atoms with van der Waals surface area (Å²) in [6, 6.07) is 7.20. The molecule has 3 N–H and O–H groups in total.